The molecule has 1 N–H and O–H groups in total. The monoisotopic (exact) mass is 423 g/mol. The number of benzene rings is 1. The number of alkyl halides is 3. The van der Waals surface area contributed by atoms with Crippen LogP contribution in [-0.2, 0) is 21.4 Å². The van der Waals surface area contributed by atoms with Crippen LogP contribution in [0.5, 0.6) is 5.75 Å². The van der Waals surface area contributed by atoms with E-state index in [0.717, 1.165) is 12.1 Å². The van der Waals surface area contributed by atoms with Crippen LogP contribution >= 0.6 is 23.2 Å². The summed E-state index contributed by atoms with van der Waals surface area (Å²) in [6.07, 6.45) is -0.736. The van der Waals surface area contributed by atoms with E-state index in [1.165, 1.54) is 0 Å². The molecule has 25 heavy (non-hydrogen) atoms. The first-order valence-electron chi connectivity index (χ1n) is 6.58. The summed E-state index contributed by atoms with van der Waals surface area (Å²) in [5.41, 5.74) is -6.06. The van der Waals surface area contributed by atoms with Gasteiger partial charge in [-0.3, -0.25) is 0 Å². The molecule has 6 nitrogen and oxygen atoms in total. The smallest absolute Gasteiger partial charge is 0.444 e. The van der Waals surface area contributed by atoms with Gasteiger partial charge in [-0.05, 0) is 38.5 Å². The molecule has 0 saturated carbocycles. The van der Waals surface area contributed by atoms with Gasteiger partial charge in [-0.15, -0.1) is 0 Å². The summed E-state index contributed by atoms with van der Waals surface area (Å²) in [7, 11) is -5.91. The third-order valence-corrected chi connectivity index (χ3v) is 3.88. The van der Waals surface area contributed by atoms with Crippen LogP contribution in [0.15, 0.2) is 12.1 Å². The van der Waals surface area contributed by atoms with Gasteiger partial charge in [0, 0.05) is 6.54 Å². The van der Waals surface area contributed by atoms with Gasteiger partial charge in [-0.1, -0.05) is 23.2 Å². The Morgan fingerprint density at radius 1 is 1.16 bits per heavy atom. The summed E-state index contributed by atoms with van der Waals surface area (Å²) in [6, 6.07) is 2.21. The van der Waals surface area contributed by atoms with Gasteiger partial charge >= 0.3 is 21.7 Å². The van der Waals surface area contributed by atoms with E-state index in [-0.39, 0.29) is 12.1 Å². The van der Waals surface area contributed by atoms with Crippen molar-refractivity contribution < 1.29 is 35.3 Å². The maximum atomic E-state index is 12.3. The average Bonchev–Trinajstić information content (AvgIpc) is 2.37. The lowest BCUT2D eigenvalue weighted by Crippen LogP contribution is -2.32. The van der Waals surface area contributed by atoms with E-state index in [1.807, 2.05) is 0 Å². The van der Waals surface area contributed by atoms with Crippen molar-refractivity contribution >= 4 is 39.4 Å². The molecule has 0 aliphatic rings. The Balaban J connectivity index is 2.92. The van der Waals surface area contributed by atoms with E-state index in [4.69, 9.17) is 27.9 Å². The first-order valence-corrected chi connectivity index (χ1v) is 8.74. The fourth-order valence-electron chi connectivity index (χ4n) is 1.44. The van der Waals surface area contributed by atoms with Crippen molar-refractivity contribution in [2.24, 2.45) is 0 Å². The Hall–Kier alpha value is -1.39. The number of alkyl carbamates (subject to hydrolysis) is 1. The van der Waals surface area contributed by atoms with Gasteiger partial charge in [-0.25, -0.2) is 4.79 Å². The maximum Gasteiger partial charge on any atom is 0.534 e. The molecule has 0 radical (unpaired) electrons. The Bertz CT molecular complexity index is 737. The molecule has 1 aromatic carbocycles. The van der Waals surface area contributed by atoms with Gasteiger partial charge in [0.25, 0.3) is 0 Å². The van der Waals surface area contributed by atoms with Crippen LogP contribution in [-0.4, -0.2) is 25.6 Å². The standard InChI is InChI=1S/C13H14Cl2F3NO5S/c1-12(2,3)23-11(20)19-6-7-4-8(14)10(9(15)5-7)24-25(21,22)13(16,17)18/h4-5H,6H2,1-3H3,(H,19,20). The maximum absolute atomic E-state index is 12.3. The van der Waals surface area contributed by atoms with Crippen molar-refractivity contribution in [1.82, 2.24) is 5.32 Å². The van der Waals surface area contributed by atoms with E-state index in [9.17, 15) is 26.4 Å². The van der Waals surface area contributed by atoms with Gasteiger partial charge in [0.15, 0.2) is 5.75 Å². The van der Waals surface area contributed by atoms with Crippen LogP contribution in [0.3, 0.4) is 0 Å². The molecular formula is C13H14Cl2F3NO5S. The highest BCUT2D eigenvalue weighted by atomic mass is 35.5. The lowest BCUT2D eigenvalue weighted by atomic mass is 10.2. The van der Waals surface area contributed by atoms with Crippen molar-refractivity contribution in [3.8, 4) is 5.75 Å². The number of rotatable bonds is 4. The summed E-state index contributed by atoms with van der Waals surface area (Å²) >= 11 is 11.5. The highest BCUT2D eigenvalue weighted by molar-refractivity contribution is 7.88. The Kier molecular flexibility index (Phi) is 6.47. The number of halogens is 5. The number of carbonyl (C=O) groups is 1. The van der Waals surface area contributed by atoms with Crippen molar-refractivity contribution in [3.63, 3.8) is 0 Å². The van der Waals surface area contributed by atoms with E-state index >= 15 is 0 Å². The van der Waals surface area contributed by atoms with Gasteiger partial charge in [-0.2, -0.15) is 21.6 Å². The summed E-state index contributed by atoms with van der Waals surface area (Å²) in [5.74, 6) is -0.860. The van der Waals surface area contributed by atoms with E-state index in [1.54, 1.807) is 20.8 Å². The second kappa shape index (κ2) is 7.46. The molecule has 0 fully saturated rings. The number of nitrogens with one attached hydrogen (secondary N) is 1. The Morgan fingerprint density at radius 2 is 1.64 bits per heavy atom. The van der Waals surface area contributed by atoms with Crippen molar-refractivity contribution in [2.75, 3.05) is 0 Å². The fourth-order valence-corrected chi connectivity index (χ4v) is 2.63. The van der Waals surface area contributed by atoms with Crippen molar-refractivity contribution in [3.05, 3.63) is 27.7 Å². The predicted octanol–water partition coefficient (Wildman–Crippen LogP) is 4.25. The number of carbonyl (C=O) groups excluding carboxylic acids is 1. The SMILES string of the molecule is CC(C)(C)OC(=O)NCc1cc(Cl)c(OS(=O)(=O)C(F)(F)F)c(Cl)c1. The molecule has 142 valence electrons. The van der Waals surface area contributed by atoms with Crippen LogP contribution < -0.4 is 9.50 Å². The molecule has 0 aromatic heterocycles. The molecule has 1 amide bonds. The minimum atomic E-state index is -5.91. The summed E-state index contributed by atoms with van der Waals surface area (Å²) in [5, 5.41) is 1.44. The van der Waals surface area contributed by atoms with Crippen LogP contribution in [0.2, 0.25) is 10.0 Å². The van der Waals surface area contributed by atoms with Gasteiger partial charge in [0.1, 0.15) is 5.60 Å². The molecular weight excluding hydrogens is 410 g/mol. The normalized spacial score (nSPS) is 12.6. The zero-order chi connectivity index (χ0) is 19.6. The molecule has 0 unspecified atom stereocenters. The molecule has 1 aromatic rings. The number of hydrogen-bond donors (Lipinski definition) is 1. The Morgan fingerprint density at radius 3 is 2.04 bits per heavy atom. The zero-order valence-electron chi connectivity index (χ0n) is 13.2. The number of amides is 1. The first-order chi connectivity index (χ1) is 11.1. The summed E-state index contributed by atoms with van der Waals surface area (Å²) in [4.78, 5) is 11.5. The number of hydrogen-bond acceptors (Lipinski definition) is 5. The molecule has 0 aliphatic heterocycles. The van der Waals surface area contributed by atoms with E-state index < -0.39 is 43.1 Å². The highest BCUT2D eigenvalue weighted by Gasteiger charge is 2.49. The molecule has 0 saturated heterocycles. The van der Waals surface area contributed by atoms with E-state index in [2.05, 4.69) is 9.50 Å². The number of ether oxygens (including phenoxy) is 1. The average molecular weight is 424 g/mol. The van der Waals surface area contributed by atoms with E-state index in [0.29, 0.717) is 0 Å². The van der Waals surface area contributed by atoms with Crippen molar-refractivity contribution in [2.45, 2.75) is 38.4 Å². The molecule has 0 bridgehead atoms. The molecule has 0 heterocycles. The van der Waals surface area contributed by atoms with Crippen LogP contribution in [0.25, 0.3) is 0 Å². The third-order valence-electron chi connectivity index (χ3n) is 2.37. The van der Waals surface area contributed by atoms with Gasteiger partial charge < -0.3 is 14.2 Å². The topological polar surface area (TPSA) is 81.7 Å². The lowest BCUT2D eigenvalue weighted by Gasteiger charge is -2.19. The second-order valence-corrected chi connectivity index (χ2v) is 8.08. The quantitative estimate of drug-likeness (QED) is 0.578. The first kappa shape index (κ1) is 21.7. The molecule has 12 heteroatoms. The predicted molar refractivity (Wildman–Crippen MR) is 85.1 cm³/mol. The van der Waals surface area contributed by atoms with Crippen LogP contribution in [0, 0.1) is 0 Å². The van der Waals surface area contributed by atoms with Crippen LogP contribution in [0.1, 0.15) is 26.3 Å². The summed E-state index contributed by atoms with van der Waals surface area (Å²) in [6.45, 7) is 4.87. The molecule has 0 atom stereocenters. The van der Waals surface area contributed by atoms with Crippen LogP contribution in [0.4, 0.5) is 18.0 Å². The highest BCUT2D eigenvalue weighted by Crippen LogP contribution is 2.37. The van der Waals surface area contributed by atoms with Gasteiger partial charge in [0.2, 0.25) is 0 Å². The molecule has 1 rings (SSSR count). The largest absolute Gasteiger partial charge is 0.534 e. The second-order valence-electron chi connectivity index (χ2n) is 5.73. The lowest BCUT2D eigenvalue weighted by molar-refractivity contribution is -0.0500. The van der Waals surface area contributed by atoms with Gasteiger partial charge in [0.05, 0.1) is 10.0 Å². The minimum absolute atomic E-state index is 0.110. The van der Waals surface area contributed by atoms with Crippen molar-refractivity contribution in [1.29, 1.82) is 0 Å². The third kappa shape index (κ3) is 6.44. The zero-order valence-corrected chi connectivity index (χ0v) is 15.5. The molecule has 0 aliphatic carbocycles. The fraction of sp³-hybridized carbons (Fsp3) is 0.462. The summed E-state index contributed by atoms with van der Waals surface area (Å²) < 4.78 is 68.0. The Labute approximate surface area is 152 Å². The molecule has 0 spiro atoms. The minimum Gasteiger partial charge on any atom is -0.444 e.